The lowest BCUT2D eigenvalue weighted by Crippen LogP contribution is -2.40. The molecule has 0 spiro atoms. The Morgan fingerprint density at radius 3 is 2.44 bits per heavy atom. The zero-order valence-electron chi connectivity index (χ0n) is 11.1. The highest BCUT2D eigenvalue weighted by atomic mass is 32.2. The van der Waals surface area contributed by atoms with Crippen LogP contribution in [0.25, 0.3) is 0 Å². The van der Waals surface area contributed by atoms with Gasteiger partial charge in [-0.3, -0.25) is 4.79 Å². The van der Waals surface area contributed by atoms with E-state index < -0.39 is 0 Å². The lowest BCUT2D eigenvalue weighted by atomic mass is 10.1. The molecule has 0 saturated carbocycles. The monoisotopic (exact) mass is 264 g/mol. The molecule has 0 radical (unpaired) electrons. The molecule has 1 saturated heterocycles. The van der Waals surface area contributed by atoms with E-state index in [0.717, 1.165) is 18.8 Å². The van der Waals surface area contributed by atoms with Crippen LogP contribution in [0.3, 0.4) is 0 Å². The molecule has 1 aliphatic heterocycles. The van der Waals surface area contributed by atoms with E-state index in [2.05, 4.69) is 18.7 Å². The Morgan fingerprint density at radius 1 is 1.33 bits per heavy atom. The van der Waals surface area contributed by atoms with Crippen LogP contribution in [0.15, 0.2) is 18.2 Å². The van der Waals surface area contributed by atoms with E-state index in [0.29, 0.717) is 21.8 Å². The number of carbonyl (C=O) groups is 1. The molecule has 0 aliphatic carbocycles. The average molecular weight is 264 g/mol. The number of hydrogen-bond acceptors (Lipinski definition) is 4. The Labute approximate surface area is 113 Å². The van der Waals surface area contributed by atoms with Crippen molar-refractivity contribution in [3.8, 4) is 0 Å². The molecule has 1 heterocycles. The number of carbonyl (C=O) groups excluding carboxylic acids is 1. The second-order valence-corrected chi connectivity index (χ2v) is 6.87. The topological polar surface area (TPSA) is 46.3 Å². The lowest BCUT2D eigenvalue weighted by molar-refractivity contribution is 0.101. The molecule has 3 nitrogen and oxygen atoms in total. The van der Waals surface area contributed by atoms with E-state index in [4.69, 9.17) is 5.73 Å². The summed E-state index contributed by atoms with van der Waals surface area (Å²) in [6.45, 7) is 8.12. The van der Waals surface area contributed by atoms with Gasteiger partial charge in [-0.25, -0.2) is 0 Å². The van der Waals surface area contributed by atoms with Crippen LogP contribution in [0.5, 0.6) is 0 Å². The van der Waals surface area contributed by atoms with Crippen molar-refractivity contribution < 1.29 is 4.79 Å². The number of thioether (sulfide) groups is 1. The molecule has 1 aromatic carbocycles. The van der Waals surface area contributed by atoms with Crippen LogP contribution >= 0.6 is 11.8 Å². The molecular formula is C14H20N2OS. The van der Waals surface area contributed by atoms with Crippen molar-refractivity contribution in [1.82, 2.24) is 0 Å². The summed E-state index contributed by atoms with van der Waals surface area (Å²) in [5.74, 6) is 0.0231. The molecule has 1 aromatic rings. The third kappa shape index (κ3) is 2.80. The molecule has 1 aliphatic rings. The Bertz CT molecular complexity index is 451. The first-order valence-corrected chi connectivity index (χ1v) is 7.22. The van der Waals surface area contributed by atoms with Gasteiger partial charge in [0.25, 0.3) is 0 Å². The van der Waals surface area contributed by atoms with E-state index in [9.17, 15) is 4.79 Å². The SMILES string of the molecule is CC(=O)c1ccc(N2CC(C)SC(C)C2)cc1N. The van der Waals surface area contributed by atoms with Gasteiger partial charge in [-0.05, 0) is 25.1 Å². The summed E-state index contributed by atoms with van der Waals surface area (Å²) in [7, 11) is 0. The number of benzene rings is 1. The maximum atomic E-state index is 11.4. The fourth-order valence-electron chi connectivity index (χ4n) is 2.46. The van der Waals surface area contributed by atoms with E-state index in [1.54, 1.807) is 6.92 Å². The quantitative estimate of drug-likeness (QED) is 0.659. The third-order valence-corrected chi connectivity index (χ3v) is 4.43. The van der Waals surface area contributed by atoms with Crippen LogP contribution in [0.1, 0.15) is 31.1 Å². The van der Waals surface area contributed by atoms with Gasteiger partial charge in [-0.1, -0.05) is 13.8 Å². The van der Waals surface area contributed by atoms with Crippen LogP contribution in [0.2, 0.25) is 0 Å². The Balaban J connectivity index is 2.23. The van der Waals surface area contributed by atoms with E-state index in [-0.39, 0.29) is 5.78 Å². The Kier molecular flexibility index (Phi) is 3.85. The zero-order valence-corrected chi connectivity index (χ0v) is 12.0. The normalized spacial score (nSPS) is 24.1. The number of Topliss-reactive ketones (excluding diaryl/α,β-unsaturated/α-hetero) is 1. The minimum absolute atomic E-state index is 0.0231. The molecule has 0 aromatic heterocycles. The molecule has 2 rings (SSSR count). The standard InChI is InChI=1S/C14H20N2OS/c1-9-7-16(8-10(2)18-9)12-4-5-13(11(3)17)14(15)6-12/h4-6,9-10H,7-8,15H2,1-3H3. The van der Waals surface area contributed by atoms with Crippen molar-refractivity contribution in [1.29, 1.82) is 0 Å². The highest BCUT2D eigenvalue weighted by Crippen LogP contribution is 2.30. The number of nitrogens with zero attached hydrogens (tertiary/aromatic N) is 1. The summed E-state index contributed by atoms with van der Waals surface area (Å²) < 4.78 is 0. The zero-order chi connectivity index (χ0) is 13.3. The fraction of sp³-hybridized carbons (Fsp3) is 0.500. The van der Waals surface area contributed by atoms with Gasteiger partial charge >= 0.3 is 0 Å². The second kappa shape index (κ2) is 5.22. The molecule has 2 N–H and O–H groups in total. The van der Waals surface area contributed by atoms with Crippen LogP contribution in [-0.2, 0) is 0 Å². The molecule has 98 valence electrons. The number of nitrogen functional groups attached to an aromatic ring is 1. The predicted octanol–water partition coefficient (Wildman–Crippen LogP) is 2.80. The average Bonchev–Trinajstić information content (AvgIpc) is 2.26. The first-order chi connectivity index (χ1) is 8.47. The van der Waals surface area contributed by atoms with Gasteiger partial charge in [-0.2, -0.15) is 11.8 Å². The lowest BCUT2D eigenvalue weighted by Gasteiger charge is -2.36. The van der Waals surface area contributed by atoms with Crippen molar-refractivity contribution in [2.45, 2.75) is 31.3 Å². The minimum Gasteiger partial charge on any atom is -0.398 e. The van der Waals surface area contributed by atoms with Gasteiger partial charge in [0.05, 0.1) is 0 Å². The van der Waals surface area contributed by atoms with Gasteiger partial charge in [0.15, 0.2) is 5.78 Å². The minimum atomic E-state index is 0.0231. The maximum Gasteiger partial charge on any atom is 0.161 e. The van der Waals surface area contributed by atoms with E-state index >= 15 is 0 Å². The van der Waals surface area contributed by atoms with Gasteiger partial charge in [0, 0.05) is 40.5 Å². The highest BCUT2D eigenvalue weighted by Gasteiger charge is 2.22. The first-order valence-electron chi connectivity index (χ1n) is 6.28. The van der Waals surface area contributed by atoms with Crippen molar-refractivity contribution in [3.63, 3.8) is 0 Å². The Morgan fingerprint density at radius 2 is 1.94 bits per heavy atom. The summed E-state index contributed by atoms with van der Waals surface area (Å²) in [6.07, 6.45) is 0. The summed E-state index contributed by atoms with van der Waals surface area (Å²) in [5.41, 5.74) is 8.27. The molecule has 2 unspecified atom stereocenters. The second-order valence-electron chi connectivity index (χ2n) is 4.99. The van der Waals surface area contributed by atoms with Crippen molar-refractivity contribution in [2.75, 3.05) is 23.7 Å². The number of ketones is 1. The number of nitrogens with two attached hydrogens (primary N) is 1. The highest BCUT2D eigenvalue weighted by molar-refractivity contribution is 8.00. The van der Waals surface area contributed by atoms with Crippen LogP contribution in [0.4, 0.5) is 11.4 Å². The van der Waals surface area contributed by atoms with Crippen LogP contribution in [0, 0.1) is 0 Å². The first kappa shape index (κ1) is 13.3. The van der Waals surface area contributed by atoms with Gasteiger partial charge in [0.1, 0.15) is 0 Å². The van der Waals surface area contributed by atoms with E-state index in [1.165, 1.54) is 0 Å². The summed E-state index contributed by atoms with van der Waals surface area (Å²) in [6, 6.07) is 5.76. The summed E-state index contributed by atoms with van der Waals surface area (Å²) >= 11 is 2.02. The van der Waals surface area contributed by atoms with Crippen LogP contribution < -0.4 is 10.6 Å². The van der Waals surface area contributed by atoms with Gasteiger partial charge in [-0.15, -0.1) is 0 Å². The molecule has 18 heavy (non-hydrogen) atoms. The van der Waals surface area contributed by atoms with Gasteiger partial charge in [0.2, 0.25) is 0 Å². The number of hydrogen-bond donors (Lipinski definition) is 1. The molecule has 2 atom stereocenters. The third-order valence-electron chi connectivity index (χ3n) is 3.20. The van der Waals surface area contributed by atoms with Crippen molar-refractivity contribution >= 4 is 28.9 Å². The molecular weight excluding hydrogens is 244 g/mol. The molecule has 0 bridgehead atoms. The molecule has 0 amide bonds. The maximum absolute atomic E-state index is 11.4. The predicted molar refractivity (Wildman–Crippen MR) is 79.6 cm³/mol. The Hall–Kier alpha value is -1.16. The molecule has 1 fully saturated rings. The van der Waals surface area contributed by atoms with Crippen LogP contribution in [-0.4, -0.2) is 29.4 Å². The largest absolute Gasteiger partial charge is 0.398 e. The fourth-order valence-corrected chi connectivity index (χ4v) is 3.78. The smallest absolute Gasteiger partial charge is 0.161 e. The number of anilines is 2. The van der Waals surface area contributed by atoms with E-state index in [1.807, 2.05) is 30.0 Å². The molecule has 4 heteroatoms. The van der Waals surface area contributed by atoms with Crippen molar-refractivity contribution in [3.05, 3.63) is 23.8 Å². The van der Waals surface area contributed by atoms with Crippen molar-refractivity contribution in [2.24, 2.45) is 0 Å². The summed E-state index contributed by atoms with van der Waals surface area (Å²) in [5, 5.41) is 1.25. The van der Waals surface area contributed by atoms with Gasteiger partial charge < -0.3 is 10.6 Å². The summed E-state index contributed by atoms with van der Waals surface area (Å²) in [4.78, 5) is 13.7. The number of rotatable bonds is 2.